The van der Waals surface area contributed by atoms with Crippen LogP contribution in [0.5, 0.6) is 11.5 Å². The highest BCUT2D eigenvalue weighted by molar-refractivity contribution is 5.56. The molecule has 0 saturated heterocycles. The molecule has 2 N–H and O–H groups in total. The summed E-state index contributed by atoms with van der Waals surface area (Å²) in [5.41, 5.74) is 5.03. The van der Waals surface area contributed by atoms with Gasteiger partial charge in [-0.25, -0.2) is 0 Å². The summed E-state index contributed by atoms with van der Waals surface area (Å²) in [5.74, 6) is 0.761. The van der Waals surface area contributed by atoms with Gasteiger partial charge in [-0.3, -0.25) is 0 Å². The summed E-state index contributed by atoms with van der Waals surface area (Å²) in [6.45, 7) is 12.3. The van der Waals surface area contributed by atoms with Gasteiger partial charge in [0.05, 0.1) is 0 Å². The van der Waals surface area contributed by atoms with Gasteiger partial charge >= 0.3 is 0 Å². The SMILES string of the molecule is C=C(C)[C@@H]1CCC(C)=C[C@H]1c1c(O)cc(CCC)c(C)c1O. The van der Waals surface area contributed by atoms with E-state index in [4.69, 9.17) is 0 Å². The van der Waals surface area contributed by atoms with Crippen LogP contribution in [0, 0.1) is 12.8 Å². The lowest BCUT2D eigenvalue weighted by molar-refractivity contribution is 0.404. The van der Waals surface area contributed by atoms with Crippen molar-refractivity contribution in [2.24, 2.45) is 5.92 Å². The van der Waals surface area contributed by atoms with Gasteiger partial charge in [0.1, 0.15) is 11.5 Å². The smallest absolute Gasteiger partial charge is 0.126 e. The van der Waals surface area contributed by atoms with Crippen molar-refractivity contribution < 1.29 is 10.2 Å². The van der Waals surface area contributed by atoms with Gasteiger partial charge in [-0.1, -0.05) is 37.1 Å². The number of allylic oxidation sites excluding steroid dienone is 3. The van der Waals surface area contributed by atoms with Crippen LogP contribution in [-0.4, -0.2) is 10.2 Å². The van der Waals surface area contributed by atoms with E-state index in [2.05, 4.69) is 26.5 Å². The number of rotatable bonds is 4. The molecule has 1 aliphatic carbocycles. The van der Waals surface area contributed by atoms with Crippen LogP contribution in [-0.2, 0) is 6.42 Å². The molecule has 22 heavy (non-hydrogen) atoms. The molecular formula is C20H28O2. The molecule has 2 nitrogen and oxygen atoms in total. The van der Waals surface area contributed by atoms with Crippen molar-refractivity contribution in [1.29, 1.82) is 0 Å². The summed E-state index contributed by atoms with van der Waals surface area (Å²) in [6, 6.07) is 1.83. The van der Waals surface area contributed by atoms with Crippen LogP contribution in [0.4, 0.5) is 0 Å². The monoisotopic (exact) mass is 300 g/mol. The minimum Gasteiger partial charge on any atom is -0.507 e. The Hall–Kier alpha value is -1.70. The molecule has 0 aliphatic heterocycles. The van der Waals surface area contributed by atoms with Crippen molar-refractivity contribution in [2.45, 2.75) is 59.3 Å². The fourth-order valence-electron chi connectivity index (χ4n) is 3.59. The maximum absolute atomic E-state index is 10.7. The molecule has 0 spiro atoms. The van der Waals surface area contributed by atoms with E-state index in [1.165, 1.54) is 5.57 Å². The Bertz CT molecular complexity index is 611. The highest BCUT2D eigenvalue weighted by Gasteiger charge is 2.30. The van der Waals surface area contributed by atoms with Gasteiger partial charge in [-0.15, -0.1) is 0 Å². The molecule has 0 saturated carbocycles. The van der Waals surface area contributed by atoms with Gasteiger partial charge in [0.2, 0.25) is 0 Å². The number of benzene rings is 1. The number of hydrogen-bond donors (Lipinski definition) is 2. The Kier molecular flexibility index (Phi) is 5.00. The standard InChI is InChI=1S/C20H28O2/c1-6-7-15-11-18(21)19(20(22)14(15)5)17-10-13(4)8-9-16(17)12(2)3/h10-11,16-17,21-22H,2,6-9H2,1,3-5H3/t16-,17+/m0/s1. The molecule has 2 heteroatoms. The van der Waals surface area contributed by atoms with Crippen LogP contribution < -0.4 is 0 Å². The maximum atomic E-state index is 10.7. The van der Waals surface area contributed by atoms with Gasteiger partial charge in [-0.05, 0) is 63.1 Å². The fraction of sp³-hybridized carbons (Fsp3) is 0.500. The third-order valence-corrected chi connectivity index (χ3v) is 4.91. The van der Waals surface area contributed by atoms with Crippen LogP contribution in [0.3, 0.4) is 0 Å². The van der Waals surface area contributed by atoms with E-state index in [1.807, 2.05) is 19.9 Å². The van der Waals surface area contributed by atoms with E-state index < -0.39 is 0 Å². The molecule has 1 aliphatic rings. The lowest BCUT2D eigenvalue weighted by Crippen LogP contribution is -2.17. The summed E-state index contributed by atoms with van der Waals surface area (Å²) < 4.78 is 0. The first-order chi connectivity index (χ1) is 10.4. The van der Waals surface area contributed by atoms with E-state index in [9.17, 15) is 10.2 Å². The number of hydrogen-bond acceptors (Lipinski definition) is 2. The Morgan fingerprint density at radius 1 is 1.32 bits per heavy atom. The summed E-state index contributed by atoms with van der Waals surface area (Å²) >= 11 is 0. The second-order valence-electron chi connectivity index (χ2n) is 6.72. The molecule has 0 amide bonds. The summed E-state index contributed by atoms with van der Waals surface area (Å²) in [4.78, 5) is 0. The van der Waals surface area contributed by atoms with E-state index in [0.717, 1.165) is 42.4 Å². The van der Waals surface area contributed by atoms with E-state index in [-0.39, 0.29) is 23.3 Å². The maximum Gasteiger partial charge on any atom is 0.126 e. The van der Waals surface area contributed by atoms with Crippen LogP contribution in [0.2, 0.25) is 0 Å². The molecule has 120 valence electrons. The van der Waals surface area contributed by atoms with Crippen molar-refractivity contribution in [3.63, 3.8) is 0 Å². The van der Waals surface area contributed by atoms with Crippen LogP contribution in [0.1, 0.15) is 62.6 Å². The first-order valence-electron chi connectivity index (χ1n) is 8.23. The molecule has 0 radical (unpaired) electrons. The molecule has 0 aromatic heterocycles. The van der Waals surface area contributed by atoms with E-state index in [0.29, 0.717) is 5.56 Å². The highest BCUT2D eigenvalue weighted by atomic mass is 16.3. The lowest BCUT2D eigenvalue weighted by atomic mass is 9.73. The third-order valence-electron chi connectivity index (χ3n) is 4.91. The molecule has 0 bridgehead atoms. The number of aryl methyl sites for hydroxylation is 1. The highest BCUT2D eigenvalue weighted by Crippen LogP contribution is 2.47. The number of phenolic OH excluding ortho intramolecular Hbond substituents is 2. The van der Waals surface area contributed by atoms with E-state index in [1.54, 1.807) is 0 Å². The Balaban J connectivity index is 2.57. The van der Waals surface area contributed by atoms with Crippen molar-refractivity contribution in [1.82, 2.24) is 0 Å². The summed E-state index contributed by atoms with van der Waals surface area (Å²) in [7, 11) is 0. The average molecular weight is 300 g/mol. The van der Waals surface area contributed by atoms with Crippen molar-refractivity contribution in [3.05, 3.63) is 46.6 Å². The molecule has 0 fully saturated rings. The Morgan fingerprint density at radius 3 is 2.59 bits per heavy atom. The minimum atomic E-state index is 0.0145. The van der Waals surface area contributed by atoms with Gasteiger partial charge < -0.3 is 10.2 Å². The normalized spacial score (nSPS) is 21.5. The fourth-order valence-corrected chi connectivity index (χ4v) is 3.59. The first-order valence-corrected chi connectivity index (χ1v) is 8.23. The summed E-state index contributed by atoms with van der Waals surface area (Å²) in [6.07, 6.45) is 6.14. The van der Waals surface area contributed by atoms with Crippen LogP contribution in [0.25, 0.3) is 0 Å². The van der Waals surface area contributed by atoms with Crippen molar-refractivity contribution >= 4 is 0 Å². The van der Waals surface area contributed by atoms with Crippen molar-refractivity contribution in [2.75, 3.05) is 0 Å². The zero-order valence-electron chi connectivity index (χ0n) is 14.2. The molecule has 2 atom stereocenters. The Morgan fingerprint density at radius 2 is 2.00 bits per heavy atom. The molecule has 0 unspecified atom stereocenters. The van der Waals surface area contributed by atoms with Crippen LogP contribution >= 0.6 is 0 Å². The minimum absolute atomic E-state index is 0.0145. The lowest BCUT2D eigenvalue weighted by Gasteiger charge is -2.32. The average Bonchev–Trinajstić information content (AvgIpc) is 2.44. The van der Waals surface area contributed by atoms with Gasteiger partial charge in [-0.2, -0.15) is 0 Å². The molecule has 1 aromatic rings. The second-order valence-corrected chi connectivity index (χ2v) is 6.72. The van der Waals surface area contributed by atoms with Gasteiger partial charge in [0.15, 0.2) is 0 Å². The number of phenols is 2. The largest absolute Gasteiger partial charge is 0.507 e. The first kappa shape index (κ1) is 16.7. The summed E-state index contributed by atoms with van der Waals surface area (Å²) in [5, 5.41) is 21.2. The second kappa shape index (κ2) is 6.60. The quantitative estimate of drug-likeness (QED) is 0.733. The third kappa shape index (κ3) is 3.06. The zero-order valence-corrected chi connectivity index (χ0v) is 14.2. The van der Waals surface area contributed by atoms with Gasteiger partial charge in [0.25, 0.3) is 0 Å². The topological polar surface area (TPSA) is 40.5 Å². The molecular weight excluding hydrogens is 272 g/mol. The predicted octanol–water partition coefficient (Wildman–Crippen LogP) is 5.37. The van der Waals surface area contributed by atoms with Gasteiger partial charge in [0, 0.05) is 11.5 Å². The molecule has 2 rings (SSSR count). The zero-order chi connectivity index (χ0) is 16.4. The Labute approximate surface area is 134 Å². The molecule has 1 aromatic carbocycles. The molecule has 0 heterocycles. The van der Waals surface area contributed by atoms with E-state index >= 15 is 0 Å². The predicted molar refractivity (Wildman–Crippen MR) is 92.5 cm³/mol. The number of aromatic hydroxyl groups is 2. The van der Waals surface area contributed by atoms with Crippen LogP contribution in [0.15, 0.2) is 29.9 Å². The van der Waals surface area contributed by atoms with Crippen molar-refractivity contribution in [3.8, 4) is 11.5 Å².